The van der Waals surface area contributed by atoms with Gasteiger partial charge in [-0.05, 0) is 50.6 Å². The summed E-state index contributed by atoms with van der Waals surface area (Å²) in [5, 5.41) is 7.46. The lowest BCUT2D eigenvalue weighted by molar-refractivity contribution is 0.600. The molecule has 0 aliphatic heterocycles. The van der Waals surface area contributed by atoms with Gasteiger partial charge in [0.2, 0.25) is 0 Å². The van der Waals surface area contributed by atoms with Crippen molar-refractivity contribution in [2.24, 2.45) is 7.05 Å². The summed E-state index contributed by atoms with van der Waals surface area (Å²) in [6.07, 6.45) is 5.04. The molecule has 1 aromatic carbocycles. The average molecular weight is 452 g/mol. The number of aromatic nitrogens is 5. The van der Waals surface area contributed by atoms with Crippen molar-refractivity contribution in [3.8, 4) is 5.69 Å². The second-order valence-corrected chi connectivity index (χ2v) is 9.20. The molecule has 9 nitrogen and oxygen atoms in total. The summed E-state index contributed by atoms with van der Waals surface area (Å²) < 4.78 is 31.8. The highest BCUT2D eigenvalue weighted by molar-refractivity contribution is 7.92. The molecule has 0 amide bonds. The molecule has 10 heteroatoms. The van der Waals surface area contributed by atoms with Gasteiger partial charge in [-0.3, -0.25) is 9.40 Å². The molecule has 0 aliphatic rings. The van der Waals surface area contributed by atoms with E-state index in [9.17, 15) is 8.42 Å². The number of nitrogens with zero attached hydrogens (tertiary/aromatic N) is 5. The number of anilines is 2. The summed E-state index contributed by atoms with van der Waals surface area (Å²) in [6, 6.07) is 11.3. The van der Waals surface area contributed by atoms with E-state index in [1.54, 1.807) is 30.9 Å². The van der Waals surface area contributed by atoms with E-state index in [1.165, 1.54) is 12.3 Å². The normalized spacial score (nSPS) is 11.5. The van der Waals surface area contributed by atoms with Crippen LogP contribution in [0.4, 0.5) is 11.5 Å². The Labute approximate surface area is 187 Å². The summed E-state index contributed by atoms with van der Waals surface area (Å²) >= 11 is 0. The number of nitrogens with one attached hydrogen (secondary N) is 2. The third-order valence-electron chi connectivity index (χ3n) is 5.31. The van der Waals surface area contributed by atoms with Gasteiger partial charge >= 0.3 is 0 Å². The minimum atomic E-state index is -3.76. The third-order valence-corrected chi connectivity index (χ3v) is 6.64. The van der Waals surface area contributed by atoms with Crippen LogP contribution in [0, 0.1) is 20.8 Å². The van der Waals surface area contributed by atoms with Crippen LogP contribution in [0.1, 0.15) is 22.8 Å². The average Bonchev–Trinajstić information content (AvgIpc) is 3.31. The van der Waals surface area contributed by atoms with Gasteiger partial charge in [0.25, 0.3) is 10.0 Å². The zero-order valence-corrected chi connectivity index (χ0v) is 19.2. The molecule has 166 valence electrons. The number of rotatable bonds is 7. The molecule has 0 aliphatic carbocycles. The number of aryl methyl sites for hydroxylation is 3. The quantitative estimate of drug-likeness (QED) is 0.446. The van der Waals surface area contributed by atoms with Crippen molar-refractivity contribution in [2.75, 3.05) is 10.0 Å². The van der Waals surface area contributed by atoms with E-state index in [2.05, 4.69) is 25.1 Å². The maximum Gasteiger partial charge on any atom is 0.263 e. The number of pyridine rings is 1. The van der Waals surface area contributed by atoms with Gasteiger partial charge in [-0.1, -0.05) is 12.1 Å². The predicted octanol–water partition coefficient (Wildman–Crippen LogP) is 3.34. The monoisotopic (exact) mass is 451 g/mol. The van der Waals surface area contributed by atoms with Gasteiger partial charge in [-0.15, -0.1) is 0 Å². The van der Waals surface area contributed by atoms with E-state index in [4.69, 9.17) is 0 Å². The summed E-state index contributed by atoms with van der Waals surface area (Å²) in [5.41, 5.74) is 3.97. The van der Waals surface area contributed by atoms with E-state index >= 15 is 0 Å². The van der Waals surface area contributed by atoms with Crippen molar-refractivity contribution in [3.63, 3.8) is 0 Å². The highest BCUT2D eigenvalue weighted by atomic mass is 32.2. The minimum absolute atomic E-state index is 0.0887. The van der Waals surface area contributed by atoms with Crippen molar-refractivity contribution in [1.29, 1.82) is 0 Å². The van der Waals surface area contributed by atoms with Crippen LogP contribution in [-0.2, 0) is 23.6 Å². The SMILES string of the molecule is Cc1nn(C)c(C)c1NS(=O)(=O)c1ccc(NCc2ccc(-n3ccnc3C)cc2)nc1. The Bertz CT molecular complexity index is 1340. The van der Waals surface area contributed by atoms with Crippen LogP contribution in [0.5, 0.6) is 0 Å². The lowest BCUT2D eigenvalue weighted by Gasteiger charge is -2.10. The molecular weight excluding hydrogens is 426 g/mol. The fraction of sp³-hybridized carbons (Fsp3) is 0.227. The predicted molar refractivity (Wildman–Crippen MR) is 123 cm³/mol. The van der Waals surface area contributed by atoms with E-state index in [0.29, 0.717) is 23.7 Å². The lowest BCUT2D eigenvalue weighted by Crippen LogP contribution is -2.14. The molecule has 32 heavy (non-hydrogen) atoms. The smallest absolute Gasteiger partial charge is 0.263 e. The number of imidazole rings is 1. The van der Waals surface area contributed by atoms with Crippen LogP contribution < -0.4 is 10.0 Å². The third kappa shape index (κ3) is 4.35. The summed E-state index contributed by atoms with van der Waals surface area (Å²) in [4.78, 5) is 8.59. The zero-order valence-electron chi connectivity index (χ0n) is 18.4. The standard InChI is InChI=1S/C22H25N7O2S/c1-15-22(16(2)28(4)26-15)27-32(30,31)20-9-10-21(25-14-20)24-13-18-5-7-19(8-6-18)29-12-11-23-17(29)3/h5-12,14,27H,13H2,1-4H3,(H,24,25). The fourth-order valence-corrected chi connectivity index (χ4v) is 4.50. The number of hydrogen-bond donors (Lipinski definition) is 2. The lowest BCUT2D eigenvalue weighted by atomic mass is 10.2. The van der Waals surface area contributed by atoms with Crippen LogP contribution >= 0.6 is 0 Å². The number of sulfonamides is 1. The van der Waals surface area contributed by atoms with E-state index in [1.807, 2.05) is 48.9 Å². The van der Waals surface area contributed by atoms with Crippen LogP contribution in [0.25, 0.3) is 5.69 Å². The van der Waals surface area contributed by atoms with Gasteiger partial charge < -0.3 is 9.88 Å². The van der Waals surface area contributed by atoms with Gasteiger partial charge in [0.15, 0.2) is 0 Å². The van der Waals surface area contributed by atoms with Gasteiger partial charge in [-0.2, -0.15) is 5.10 Å². The van der Waals surface area contributed by atoms with Gasteiger partial charge in [0.05, 0.1) is 17.1 Å². The highest BCUT2D eigenvalue weighted by Crippen LogP contribution is 2.23. The topological polar surface area (TPSA) is 107 Å². The second kappa shape index (κ2) is 8.46. The maximum atomic E-state index is 12.7. The van der Waals surface area contributed by atoms with E-state index in [0.717, 1.165) is 22.8 Å². The molecule has 0 spiro atoms. The molecule has 4 aromatic rings. The first-order valence-electron chi connectivity index (χ1n) is 10.1. The first-order chi connectivity index (χ1) is 15.2. The fourth-order valence-electron chi connectivity index (χ4n) is 3.38. The maximum absolute atomic E-state index is 12.7. The first kappa shape index (κ1) is 21.6. The van der Waals surface area contributed by atoms with Gasteiger partial charge in [-0.25, -0.2) is 18.4 Å². The molecule has 2 N–H and O–H groups in total. The van der Waals surface area contributed by atoms with Gasteiger partial charge in [0.1, 0.15) is 16.5 Å². The number of hydrogen-bond acceptors (Lipinski definition) is 6. The molecule has 0 radical (unpaired) electrons. The van der Waals surface area contributed by atoms with Gasteiger partial charge in [0, 0.05) is 37.9 Å². The molecule has 0 saturated carbocycles. The molecule has 3 heterocycles. The highest BCUT2D eigenvalue weighted by Gasteiger charge is 2.19. The van der Waals surface area contributed by atoms with Crippen molar-refractivity contribution < 1.29 is 8.42 Å². The molecule has 3 aromatic heterocycles. The Morgan fingerprint density at radius 3 is 2.31 bits per heavy atom. The molecule has 0 unspecified atom stereocenters. The number of benzene rings is 1. The summed E-state index contributed by atoms with van der Waals surface area (Å²) in [5.74, 6) is 1.52. The van der Waals surface area contributed by atoms with Crippen molar-refractivity contribution in [3.05, 3.63) is 77.8 Å². The summed E-state index contributed by atoms with van der Waals surface area (Å²) in [6.45, 7) is 6.10. The Balaban J connectivity index is 1.41. The molecule has 0 saturated heterocycles. The van der Waals surface area contributed by atoms with Crippen molar-refractivity contribution in [2.45, 2.75) is 32.2 Å². The Morgan fingerprint density at radius 2 is 1.75 bits per heavy atom. The van der Waals surface area contributed by atoms with Crippen LogP contribution in [0.15, 0.2) is 59.9 Å². The Hall–Kier alpha value is -3.66. The Morgan fingerprint density at radius 1 is 1.00 bits per heavy atom. The zero-order chi connectivity index (χ0) is 22.9. The van der Waals surface area contributed by atoms with E-state index < -0.39 is 10.0 Å². The second-order valence-electron chi connectivity index (χ2n) is 7.52. The van der Waals surface area contributed by atoms with Crippen LogP contribution in [-0.4, -0.2) is 32.7 Å². The van der Waals surface area contributed by atoms with E-state index in [-0.39, 0.29) is 4.90 Å². The largest absolute Gasteiger partial charge is 0.366 e. The van der Waals surface area contributed by atoms with Crippen LogP contribution in [0.2, 0.25) is 0 Å². The van der Waals surface area contributed by atoms with Crippen LogP contribution in [0.3, 0.4) is 0 Å². The van der Waals surface area contributed by atoms with Crippen molar-refractivity contribution in [1.82, 2.24) is 24.3 Å². The van der Waals surface area contributed by atoms with Crippen molar-refractivity contribution >= 4 is 21.5 Å². The molecule has 4 rings (SSSR count). The Kier molecular flexibility index (Phi) is 5.70. The minimum Gasteiger partial charge on any atom is -0.366 e. The molecule has 0 bridgehead atoms. The molecule has 0 fully saturated rings. The first-order valence-corrected chi connectivity index (χ1v) is 11.5. The summed E-state index contributed by atoms with van der Waals surface area (Å²) in [7, 11) is -1.99. The molecular formula is C22H25N7O2S. The molecule has 0 atom stereocenters.